The maximum atomic E-state index is 8.92. The summed E-state index contributed by atoms with van der Waals surface area (Å²) in [6, 6.07) is 8.59. The molecule has 2 N–H and O–H groups in total. The van der Waals surface area contributed by atoms with E-state index in [4.69, 9.17) is 11.0 Å². The molecule has 0 saturated carbocycles. The van der Waals surface area contributed by atoms with Gasteiger partial charge in [0.15, 0.2) is 0 Å². The van der Waals surface area contributed by atoms with Gasteiger partial charge in [0.25, 0.3) is 0 Å². The van der Waals surface area contributed by atoms with Gasteiger partial charge in [-0.2, -0.15) is 5.26 Å². The second-order valence-electron chi connectivity index (χ2n) is 4.93. The first-order chi connectivity index (χ1) is 7.84. The number of aryl methyl sites for hydroxylation is 2. The van der Waals surface area contributed by atoms with Crippen molar-refractivity contribution in [1.82, 2.24) is 0 Å². The summed E-state index contributed by atoms with van der Waals surface area (Å²) >= 11 is 1.80. The van der Waals surface area contributed by atoms with E-state index in [9.17, 15) is 0 Å². The number of nitriles is 1. The molecule has 2 atom stereocenters. The third kappa shape index (κ3) is 4.41. The molecule has 0 heterocycles. The molecule has 2 unspecified atom stereocenters. The van der Waals surface area contributed by atoms with Crippen LogP contribution < -0.4 is 5.73 Å². The maximum Gasteiger partial charge on any atom is 0.102 e. The van der Waals surface area contributed by atoms with Crippen LogP contribution >= 0.6 is 11.8 Å². The second kappa shape index (κ2) is 5.57. The summed E-state index contributed by atoms with van der Waals surface area (Å²) in [6.45, 7) is 8.11. The van der Waals surface area contributed by atoms with Crippen molar-refractivity contribution in [3.63, 3.8) is 0 Å². The van der Waals surface area contributed by atoms with Crippen molar-refractivity contribution in [1.29, 1.82) is 5.26 Å². The largest absolute Gasteiger partial charge is 0.314 e. The van der Waals surface area contributed by atoms with Gasteiger partial charge in [0, 0.05) is 10.1 Å². The van der Waals surface area contributed by atoms with Crippen LogP contribution in [0.4, 0.5) is 0 Å². The molecule has 1 rings (SSSR count). The van der Waals surface area contributed by atoms with Gasteiger partial charge in [0.1, 0.15) is 5.54 Å². The van der Waals surface area contributed by atoms with Crippen molar-refractivity contribution in [2.75, 3.05) is 0 Å². The summed E-state index contributed by atoms with van der Waals surface area (Å²) in [6.07, 6.45) is 0.696. The zero-order valence-electron chi connectivity index (χ0n) is 10.9. The Labute approximate surface area is 108 Å². The number of nitrogens with two attached hydrogens (primary N) is 1. The zero-order chi connectivity index (χ0) is 13.1. The fraction of sp³-hybridized carbons (Fsp3) is 0.500. The SMILES string of the molecule is Cc1ccc(C)c(SC(C)CC(C)(N)C#N)c1. The van der Waals surface area contributed by atoms with Gasteiger partial charge in [-0.15, -0.1) is 11.8 Å². The van der Waals surface area contributed by atoms with Gasteiger partial charge in [-0.05, 0) is 38.8 Å². The standard InChI is InChI=1S/C14H20N2S/c1-10-5-6-11(2)13(7-10)17-12(3)8-14(4,16)9-15/h5-7,12H,8,16H2,1-4H3. The molecule has 1 aromatic rings. The number of benzene rings is 1. The van der Waals surface area contributed by atoms with Crippen LogP contribution in [0.15, 0.2) is 23.1 Å². The third-order valence-corrected chi connectivity index (χ3v) is 3.90. The van der Waals surface area contributed by atoms with Crippen molar-refractivity contribution in [3.05, 3.63) is 29.3 Å². The minimum absolute atomic E-state index is 0.338. The molecule has 0 fully saturated rings. The van der Waals surface area contributed by atoms with Crippen LogP contribution in [-0.2, 0) is 0 Å². The van der Waals surface area contributed by atoms with Crippen LogP contribution in [0.1, 0.15) is 31.4 Å². The van der Waals surface area contributed by atoms with Crippen LogP contribution in [0, 0.1) is 25.2 Å². The molecule has 0 aliphatic heterocycles. The fourth-order valence-electron chi connectivity index (χ4n) is 1.74. The van der Waals surface area contributed by atoms with Gasteiger partial charge in [0.05, 0.1) is 6.07 Å². The van der Waals surface area contributed by atoms with E-state index in [-0.39, 0.29) is 0 Å². The van der Waals surface area contributed by atoms with Crippen molar-refractivity contribution in [2.24, 2.45) is 5.73 Å². The summed E-state index contributed by atoms with van der Waals surface area (Å²) in [5.74, 6) is 0. The Balaban J connectivity index is 2.72. The van der Waals surface area contributed by atoms with E-state index in [2.05, 4.69) is 45.0 Å². The highest BCUT2D eigenvalue weighted by molar-refractivity contribution is 8.00. The molecule has 1 aromatic carbocycles. The molecule has 0 aromatic heterocycles. The van der Waals surface area contributed by atoms with Crippen LogP contribution in [0.3, 0.4) is 0 Å². The molecule has 0 spiro atoms. The Kier molecular flexibility index (Phi) is 4.62. The second-order valence-corrected chi connectivity index (χ2v) is 6.41. The number of nitrogens with zero attached hydrogens (tertiary/aromatic N) is 1. The molecule has 3 heteroatoms. The minimum atomic E-state index is -0.732. The molecule has 0 saturated heterocycles. The first-order valence-electron chi connectivity index (χ1n) is 5.78. The normalized spacial score (nSPS) is 16.0. The van der Waals surface area contributed by atoms with Crippen molar-refractivity contribution >= 4 is 11.8 Å². The lowest BCUT2D eigenvalue weighted by Crippen LogP contribution is -2.36. The maximum absolute atomic E-state index is 8.92. The lowest BCUT2D eigenvalue weighted by molar-refractivity contribution is 0.545. The van der Waals surface area contributed by atoms with E-state index in [1.54, 1.807) is 18.7 Å². The Bertz CT molecular complexity index is 432. The summed E-state index contributed by atoms with van der Waals surface area (Å²) in [5.41, 5.74) is 7.68. The average Bonchev–Trinajstić information content (AvgIpc) is 2.23. The first kappa shape index (κ1) is 14.1. The van der Waals surface area contributed by atoms with E-state index >= 15 is 0 Å². The van der Waals surface area contributed by atoms with E-state index in [1.807, 2.05) is 0 Å². The number of hydrogen-bond acceptors (Lipinski definition) is 3. The van der Waals surface area contributed by atoms with Gasteiger partial charge in [-0.3, -0.25) is 0 Å². The third-order valence-electron chi connectivity index (χ3n) is 2.64. The highest BCUT2D eigenvalue weighted by Crippen LogP contribution is 2.30. The quantitative estimate of drug-likeness (QED) is 0.831. The highest BCUT2D eigenvalue weighted by atomic mass is 32.2. The molecule has 92 valence electrons. The van der Waals surface area contributed by atoms with E-state index in [1.165, 1.54) is 16.0 Å². The van der Waals surface area contributed by atoms with E-state index < -0.39 is 5.54 Å². The topological polar surface area (TPSA) is 49.8 Å². The Hall–Kier alpha value is -0.980. The minimum Gasteiger partial charge on any atom is -0.314 e. The van der Waals surface area contributed by atoms with Crippen LogP contribution in [0.25, 0.3) is 0 Å². The van der Waals surface area contributed by atoms with Crippen LogP contribution in [-0.4, -0.2) is 10.8 Å². The van der Waals surface area contributed by atoms with Crippen molar-refractivity contribution in [2.45, 2.75) is 49.8 Å². The summed E-state index contributed by atoms with van der Waals surface area (Å²) in [7, 11) is 0. The van der Waals surface area contributed by atoms with Gasteiger partial charge >= 0.3 is 0 Å². The summed E-state index contributed by atoms with van der Waals surface area (Å²) in [5, 5.41) is 9.26. The average molecular weight is 248 g/mol. The Morgan fingerprint density at radius 2 is 2.12 bits per heavy atom. The number of thioether (sulfide) groups is 1. The lowest BCUT2D eigenvalue weighted by atomic mass is 10.00. The van der Waals surface area contributed by atoms with Crippen molar-refractivity contribution in [3.8, 4) is 6.07 Å². The van der Waals surface area contributed by atoms with Gasteiger partial charge in [0.2, 0.25) is 0 Å². The molecule has 0 radical (unpaired) electrons. The van der Waals surface area contributed by atoms with Crippen LogP contribution in [0.5, 0.6) is 0 Å². The van der Waals surface area contributed by atoms with Crippen LogP contribution in [0.2, 0.25) is 0 Å². The smallest absolute Gasteiger partial charge is 0.102 e. The van der Waals surface area contributed by atoms with E-state index in [0.717, 1.165) is 0 Å². The molecule has 17 heavy (non-hydrogen) atoms. The molecular formula is C14H20N2S. The number of hydrogen-bond donors (Lipinski definition) is 1. The molecule has 0 amide bonds. The Morgan fingerprint density at radius 3 is 2.71 bits per heavy atom. The number of rotatable bonds is 4. The molecule has 0 aliphatic rings. The Morgan fingerprint density at radius 1 is 1.47 bits per heavy atom. The van der Waals surface area contributed by atoms with E-state index in [0.29, 0.717) is 11.7 Å². The molecule has 0 aliphatic carbocycles. The first-order valence-corrected chi connectivity index (χ1v) is 6.66. The predicted octanol–water partition coefficient (Wildman–Crippen LogP) is 3.42. The van der Waals surface area contributed by atoms with Gasteiger partial charge in [-0.25, -0.2) is 0 Å². The monoisotopic (exact) mass is 248 g/mol. The lowest BCUT2D eigenvalue weighted by Gasteiger charge is -2.21. The molecule has 2 nitrogen and oxygen atoms in total. The molecule has 0 bridgehead atoms. The van der Waals surface area contributed by atoms with Gasteiger partial charge < -0.3 is 5.73 Å². The summed E-state index contributed by atoms with van der Waals surface area (Å²) < 4.78 is 0. The van der Waals surface area contributed by atoms with Crippen molar-refractivity contribution < 1.29 is 0 Å². The fourth-order valence-corrected chi connectivity index (χ4v) is 3.11. The van der Waals surface area contributed by atoms with Gasteiger partial charge in [-0.1, -0.05) is 24.6 Å². The predicted molar refractivity (Wildman–Crippen MR) is 74.1 cm³/mol. The highest BCUT2D eigenvalue weighted by Gasteiger charge is 2.21. The summed E-state index contributed by atoms with van der Waals surface area (Å²) in [4.78, 5) is 1.28. The zero-order valence-corrected chi connectivity index (χ0v) is 11.8. The molecular weight excluding hydrogens is 228 g/mol.